The van der Waals surface area contributed by atoms with Crippen LogP contribution in [0.2, 0.25) is 0 Å². The van der Waals surface area contributed by atoms with E-state index in [1.807, 2.05) is 47.0 Å². The molecule has 0 bridgehead atoms. The van der Waals surface area contributed by atoms with Crippen molar-refractivity contribution in [1.29, 1.82) is 0 Å². The van der Waals surface area contributed by atoms with Crippen LogP contribution in [0.3, 0.4) is 0 Å². The second-order valence-corrected chi connectivity index (χ2v) is 9.24. The fourth-order valence-corrected chi connectivity index (χ4v) is 4.44. The first-order valence-electron chi connectivity index (χ1n) is 10.5. The number of hydrogen-bond acceptors (Lipinski definition) is 4. The summed E-state index contributed by atoms with van der Waals surface area (Å²) in [6.45, 7) is 2.11. The van der Waals surface area contributed by atoms with E-state index >= 15 is 0 Å². The molecule has 33 heavy (non-hydrogen) atoms. The SMILES string of the molecule is CCc1ccc(-n2c(Cc3ccccc3)nnc2SCC(=O)Nc2ccc(Br)cc2F)cc1. The Balaban J connectivity index is 1.55. The summed E-state index contributed by atoms with van der Waals surface area (Å²) < 4.78 is 16.6. The summed E-state index contributed by atoms with van der Waals surface area (Å²) in [5.41, 5.74) is 3.44. The number of halogens is 2. The number of aromatic nitrogens is 3. The number of rotatable bonds is 8. The molecule has 0 spiro atoms. The van der Waals surface area contributed by atoms with Crippen LogP contribution < -0.4 is 5.32 Å². The largest absolute Gasteiger partial charge is 0.323 e. The van der Waals surface area contributed by atoms with Crippen LogP contribution in [0.4, 0.5) is 10.1 Å². The molecule has 4 rings (SSSR count). The topological polar surface area (TPSA) is 59.8 Å². The quantitative estimate of drug-likeness (QED) is 0.285. The van der Waals surface area contributed by atoms with E-state index in [4.69, 9.17) is 0 Å². The third-order valence-corrected chi connectivity index (χ3v) is 6.47. The van der Waals surface area contributed by atoms with Crippen LogP contribution in [0.25, 0.3) is 5.69 Å². The predicted octanol–water partition coefficient (Wildman–Crippen LogP) is 6.05. The number of aryl methyl sites for hydroxylation is 1. The molecule has 0 aliphatic heterocycles. The Morgan fingerprint density at radius 2 is 1.79 bits per heavy atom. The highest BCUT2D eigenvalue weighted by Gasteiger charge is 2.17. The molecular weight excluding hydrogens is 503 g/mol. The van der Waals surface area contributed by atoms with E-state index in [2.05, 4.69) is 50.5 Å². The molecule has 1 amide bonds. The van der Waals surface area contributed by atoms with Gasteiger partial charge in [-0.2, -0.15) is 0 Å². The van der Waals surface area contributed by atoms with E-state index in [1.54, 1.807) is 6.07 Å². The van der Waals surface area contributed by atoms with Crippen LogP contribution in [0.15, 0.2) is 82.4 Å². The molecule has 0 atom stereocenters. The summed E-state index contributed by atoms with van der Waals surface area (Å²) in [4.78, 5) is 12.5. The fourth-order valence-electron chi connectivity index (χ4n) is 3.33. The number of thioether (sulfide) groups is 1. The van der Waals surface area contributed by atoms with Crippen molar-refractivity contribution in [2.75, 3.05) is 11.1 Å². The average Bonchev–Trinajstić information content (AvgIpc) is 3.22. The predicted molar refractivity (Wildman–Crippen MR) is 133 cm³/mol. The Morgan fingerprint density at radius 1 is 1.03 bits per heavy atom. The van der Waals surface area contributed by atoms with Gasteiger partial charge in [0.2, 0.25) is 5.91 Å². The second-order valence-electron chi connectivity index (χ2n) is 7.38. The third kappa shape index (κ3) is 5.89. The third-order valence-electron chi connectivity index (χ3n) is 5.05. The molecule has 1 heterocycles. The first kappa shape index (κ1) is 23.2. The summed E-state index contributed by atoms with van der Waals surface area (Å²) in [7, 11) is 0. The van der Waals surface area contributed by atoms with E-state index in [0.29, 0.717) is 16.0 Å². The van der Waals surface area contributed by atoms with E-state index in [-0.39, 0.29) is 17.3 Å². The number of amides is 1. The first-order chi connectivity index (χ1) is 16.0. The molecule has 0 radical (unpaired) electrons. The highest BCUT2D eigenvalue weighted by Crippen LogP contribution is 2.25. The summed E-state index contributed by atoms with van der Waals surface area (Å²) >= 11 is 4.48. The Morgan fingerprint density at radius 3 is 2.48 bits per heavy atom. The van der Waals surface area contributed by atoms with Crippen molar-refractivity contribution in [2.24, 2.45) is 0 Å². The molecule has 0 saturated heterocycles. The van der Waals surface area contributed by atoms with Gasteiger partial charge in [0.05, 0.1) is 11.4 Å². The monoisotopic (exact) mass is 524 g/mol. The second kappa shape index (κ2) is 10.8. The number of nitrogens with one attached hydrogen (secondary N) is 1. The van der Waals surface area contributed by atoms with Crippen molar-refractivity contribution in [2.45, 2.75) is 24.9 Å². The Bertz CT molecular complexity index is 1250. The molecule has 8 heteroatoms. The molecule has 0 fully saturated rings. The number of benzene rings is 3. The van der Waals surface area contributed by atoms with Crippen molar-refractivity contribution in [1.82, 2.24) is 14.8 Å². The molecule has 5 nitrogen and oxygen atoms in total. The highest BCUT2D eigenvalue weighted by molar-refractivity contribution is 9.10. The molecule has 3 aromatic carbocycles. The smallest absolute Gasteiger partial charge is 0.234 e. The number of nitrogens with zero attached hydrogens (tertiary/aromatic N) is 3. The Hall–Kier alpha value is -2.97. The van der Waals surface area contributed by atoms with E-state index < -0.39 is 5.82 Å². The molecule has 0 aliphatic rings. The summed E-state index contributed by atoms with van der Waals surface area (Å²) in [5.74, 6) is 0.0486. The van der Waals surface area contributed by atoms with Gasteiger partial charge in [0.15, 0.2) is 5.16 Å². The van der Waals surface area contributed by atoms with Crippen LogP contribution in [0.1, 0.15) is 23.9 Å². The number of anilines is 1. The summed E-state index contributed by atoms with van der Waals surface area (Å²) in [6.07, 6.45) is 1.56. The van der Waals surface area contributed by atoms with Crippen LogP contribution in [-0.4, -0.2) is 26.4 Å². The zero-order chi connectivity index (χ0) is 23.2. The van der Waals surface area contributed by atoms with E-state index in [1.165, 1.54) is 29.5 Å². The van der Waals surface area contributed by atoms with E-state index in [0.717, 1.165) is 23.5 Å². The van der Waals surface area contributed by atoms with Gasteiger partial charge in [-0.15, -0.1) is 10.2 Å². The van der Waals surface area contributed by atoms with Crippen molar-refractivity contribution >= 4 is 39.3 Å². The minimum Gasteiger partial charge on any atom is -0.323 e. The maximum absolute atomic E-state index is 14.1. The molecule has 1 aromatic heterocycles. The van der Waals surface area contributed by atoms with Crippen LogP contribution >= 0.6 is 27.7 Å². The summed E-state index contributed by atoms with van der Waals surface area (Å²) in [6, 6.07) is 22.8. The lowest BCUT2D eigenvalue weighted by molar-refractivity contribution is -0.113. The van der Waals surface area contributed by atoms with Gasteiger partial charge >= 0.3 is 0 Å². The molecule has 0 saturated carbocycles. The normalized spacial score (nSPS) is 10.9. The van der Waals surface area contributed by atoms with Gasteiger partial charge < -0.3 is 5.32 Å². The van der Waals surface area contributed by atoms with Gasteiger partial charge in [-0.05, 0) is 47.9 Å². The average molecular weight is 525 g/mol. The van der Waals surface area contributed by atoms with Gasteiger partial charge in [0, 0.05) is 16.6 Å². The van der Waals surface area contributed by atoms with E-state index in [9.17, 15) is 9.18 Å². The van der Waals surface area contributed by atoms with Crippen molar-refractivity contribution in [3.63, 3.8) is 0 Å². The molecule has 1 N–H and O–H groups in total. The van der Waals surface area contributed by atoms with Crippen LogP contribution in [0.5, 0.6) is 0 Å². The van der Waals surface area contributed by atoms with Crippen molar-refractivity contribution in [3.8, 4) is 5.69 Å². The maximum Gasteiger partial charge on any atom is 0.234 e. The number of carbonyl (C=O) groups is 1. The van der Waals surface area contributed by atoms with Crippen molar-refractivity contribution in [3.05, 3.63) is 100 Å². The zero-order valence-electron chi connectivity index (χ0n) is 18.0. The standard InChI is InChI=1S/C25H22BrFN4OS/c1-2-17-8-11-20(12-9-17)31-23(14-18-6-4-3-5-7-18)29-30-25(31)33-16-24(32)28-22-13-10-19(26)15-21(22)27/h3-13,15H,2,14,16H2,1H3,(H,28,32). The highest BCUT2D eigenvalue weighted by atomic mass is 79.9. The maximum atomic E-state index is 14.1. The number of carbonyl (C=O) groups excluding carboxylic acids is 1. The van der Waals surface area contributed by atoms with Crippen molar-refractivity contribution < 1.29 is 9.18 Å². The molecule has 168 valence electrons. The number of hydrogen-bond donors (Lipinski definition) is 1. The van der Waals surface area contributed by atoms with Gasteiger partial charge in [-0.1, -0.05) is 77.1 Å². The van der Waals surface area contributed by atoms with Crippen LogP contribution in [-0.2, 0) is 17.6 Å². The summed E-state index contributed by atoms with van der Waals surface area (Å²) in [5, 5.41) is 12.0. The van der Waals surface area contributed by atoms with Crippen LogP contribution in [0, 0.1) is 5.82 Å². The lowest BCUT2D eigenvalue weighted by Crippen LogP contribution is -2.15. The lowest BCUT2D eigenvalue weighted by Gasteiger charge is -2.11. The van der Waals surface area contributed by atoms with Gasteiger partial charge in [0.25, 0.3) is 0 Å². The molecule has 0 unspecified atom stereocenters. The van der Waals surface area contributed by atoms with Gasteiger partial charge in [-0.25, -0.2) is 4.39 Å². The Labute approximate surface area is 204 Å². The lowest BCUT2D eigenvalue weighted by atomic mass is 10.1. The minimum absolute atomic E-state index is 0.0754. The molecule has 4 aromatic rings. The molecular formula is C25H22BrFN4OS. The van der Waals surface area contributed by atoms with Gasteiger partial charge in [-0.3, -0.25) is 9.36 Å². The Kier molecular flexibility index (Phi) is 7.57. The van der Waals surface area contributed by atoms with Gasteiger partial charge in [0.1, 0.15) is 11.6 Å². The minimum atomic E-state index is -0.493. The first-order valence-corrected chi connectivity index (χ1v) is 12.3. The fraction of sp³-hybridized carbons (Fsp3) is 0.160. The molecule has 0 aliphatic carbocycles. The zero-order valence-corrected chi connectivity index (χ0v) is 20.4.